The molecule has 2 heterocycles. The Morgan fingerprint density at radius 1 is 1.10 bits per heavy atom. The molecule has 31 heavy (non-hydrogen) atoms. The minimum Gasteiger partial charge on any atom is -0.436 e. The second kappa shape index (κ2) is 8.47. The molecule has 1 aromatic heterocycles. The number of ether oxygens (including phenoxy) is 1. The molecule has 0 radical (unpaired) electrons. The highest BCUT2D eigenvalue weighted by Gasteiger charge is 2.26. The number of carbonyl (C=O) groups is 1. The van der Waals surface area contributed by atoms with Gasteiger partial charge in [-0.25, -0.2) is 9.49 Å². The van der Waals surface area contributed by atoms with Gasteiger partial charge in [-0.15, -0.1) is 0 Å². The summed E-state index contributed by atoms with van der Waals surface area (Å²) < 4.78 is 18.7. The molecule has 0 bridgehead atoms. The van der Waals surface area contributed by atoms with Crippen molar-refractivity contribution in [3.8, 4) is 11.6 Å². The van der Waals surface area contributed by atoms with Crippen LogP contribution in [0.2, 0.25) is 0 Å². The van der Waals surface area contributed by atoms with Gasteiger partial charge in [-0.05, 0) is 73.2 Å². The monoisotopic (exact) mass is 421 g/mol. The van der Waals surface area contributed by atoms with Gasteiger partial charge in [0.2, 0.25) is 0 Å². The molecule has 160 valence electrons. The van der Waals surface area contributed by atoms with E-state index in [1.54, 1.807) is 0 Å². The summed E-state index contributed by atoms with van der Waals surface area (Å²) in [4.78, 5) is 15.4. The summed E-state index contributed by atoms with van der Waals surface area (Å²) in [6, 6.07) is 12.3. The lowest BCUT2D eigenvalue weighted by Gasteiger charge is -2.36. The van der Waals surface area contributed by atoms with Crippen molar-refractivity contribution in [1.29, 1.82) is 0 Å². The molecule has 1 aliphatic carbocycles. The smallest absolute Gasteiger partial charge is 0.279 e. The zero-order chi connectivity index (χ0) is 21.2. The van der Waals surface area contributed by atoms with E-state index in [0.29, 0.717) is 5.75 Å². The van der Waals surface area contributed by atoms with Crippen molar-refractivity contribution in [1.82, 2.24) is 20.3 Å². The number of aromatic amines is 1. The van der Waals surface area contributed by atoms with Crippen molar-refractivity contribution in [3.05, 3.63) is 65.1 Å². The highest BCUT2D eigenvalue weighted by molar-refractivity contribution is 6.04. The summed E-state index contributed by atoms with van der Waals surface area (Å²) in [5, 5.41) is 13.0. The van der Waals surface area contributed by atoms with Crippen molar-refractivity contribution < 1.29 is 13.9 Å². The first-order valence-electron chi connectivity index (χ1n) is 10.7. The third-order valence-corrected chi connectivity index (χ3v) is 6.16. The van der Waals surface area contributed by atoms with Gasteiger partial charge in [-0.1, -0.05) is 22.8 Å². The first kappa shape index (κ1) is 19.7. The highest BCUT2D eigenvalue weighted by atomic mass is 19.1. The Balaban J connectivity index is 1.27. The second-order valence-corrected chi connectivity index (χ2v) is 8.11. The predicted octanol–water partition coefficient (Wildman–Crippen LogP) is 3.94. The van der Waals surface area contributed by atoms with E-state index >= 15 is 0 Å². The van der Waals surface area contributed by atoms with Crippen molar-refractivity contribution in [2.24, 2.45) is 0 Å². The lowest BCUT2D eigenvalue weighted by molar-refractivity contribution is 0.102. The Bertz CT molecular complexity index is 1080. The van der Waals surface area contributed by atoms with E-state index in [1.165, 1.54) is 54.7 Å². The summed E-state index contributed by atoms with van der Waals surface area (Å²) in [7, 11) is 0. The maximum Gasteiger partial charge on any atom is 0.279 e. The van der Waals surface area contributed by atoms with Crippen LogP contribution in [0.1, 0.15) is 40.9 Å². The molecular weight excluding hydrogens is 397 g/mol. The Hall–Kier alpha value is -3.26. The topological polar surface area (TPSA) is 83.1 Å². The third-order valence-electron chi connectivity index (χ3n) is 6.16. The molecule has 3 aromatic rings. The predicted molar refractivity (Wildman–Crippen MR) is 114 cm³/mol. The maximum atomic E-state index is 13.1. The Kier molecular flexibility index (Phi) is 5.38. The molecule has 1 amide bonds. The van der Waals surface area contributed by atoms with Crippen LogP contribution < -0.4 is 10.1 Å². The molecule has 0 unspecified atom stereocenters. The number of amides is 1. The average Bonchev–Trinajstić information content (AvgIpc) is 3.10. The van der Waals surface area contributed by atoms with E-state index in [4.69, 9.17) is 4.74 Å². The summed E-state index contributed by atoms with van der Waals surface area (Å²) in [5.41, 5.74) is 3.46. The molecule has 7 nitrogen and oxygen atoms in total. The van der Waals surface area contributed by atoms with Crippen molar-refractivity contribution in [3.63, 3.8) is 0 Å². The molecule has 8 heteroatoms. The zero-order valence-electron chi connectivity index (χ0n) is 17.1. The standard InChI is InChI=1S/C23H24FN5O2/c24-17-5-8-20(9-6-17)31-23-21(26-28-27-23)22(30)25-18-7-4-15-10-12-29(19-2-1-3-19)13-11-16(15)14-18/h4-9,14,19H,1-3,10-13H2,(H,25,30)(H,26,27,28). The fourth-order valence-electron chi connectivity index (χ4n) is 4.18. The van der Waals surface area contributed by atoms with Crippen molar-refractivity contribution in [2.75, 3.05) is 18.4 Å². The number of rotatable bonds is 5. The van der Waals surface area contributed by atoms with Crippen LogP contribution in [-0.2, 0) is 12.8 Å². The lowest BCUT2D eigenvalue weighted by atomic mass is 9.91. The van der Waals surface area contributed by atoms with Crippen LogP contribution in [0.5, 0.6) is 11.6 Å². The molecule has 2 aliphatic rings. The van der Waals surface area contributed by atoms with Gasteiger partial charge in [0, 0.05) is 24.8 Å². The SMILES string of the molecule is O=C(Nc1ccc2c(c1)CCN(C1CCC1)CC2)c1[nH]nnc1Oc1ccc(F)cc1. The number of carbonyl (C=O) groups excluding carboxylic acids is 1. The summed E-state index contributed by atoms with van der Waals surface area (Å²) in [6.45, 7) is 2.17. The van der Waals surface area contributed by atoms with E-state index in [1.807, 2.05) is 6.07 Å². The molecule has 1 saturated carbocycles. The van der Waals surface area contributed by atoms with E-state index in [9.17, 15) is 9.18 Å². The van der Waals surface area contributed by atoms with Gasteiger partial charge < -0.3 is 10.1 Å². The molecule has 5 rings (SSSR count). The second-order valence-electron chi connectivity index (χ2n) is 8.11. The molecule has 2 N–H and O–H groups in total. The first-order valence-corrected chi connectivity index (χ1v) is 10.7. The quantitative estimate of drug-likeness (QED) is 0.652. The number of nitrogens with zero attached hydrogens (tertiary/aromatic N) is 3. The van der Waals surface area contributed by atoms with Gasteiger partial charge >= 0.3 is 0 Å². The van der Waals surface area contributed by atoms with Gasteiger partial charge in [-0.2, -0.15) is 0 Å². The van der Waals surface area contributed by atoms with E-state index in [0.717, 1.165) is 37.7 Å². The normalized spacial score (nSPS) is 16.8. The molecular formula is C23H24FN5O2. The fourth-order valence-corrected chi connectivity index (χ4v) is 4.18. The van der Waals surface area contributed by atoms with E-state index in [-0.39, 0.29) is 17.4 Å². The van der Waals surface area contributed by atoms with Gasteiger partial charge in [0.05, 0.1) is 0 Å². The van der Waals surface area contributed by atoms with Crippen molar-refractivity contribution >= 4 is 11.6 Å². The van der Waals surface area contributed by atoms with Crippen LogP contribution in [0.15, 0.2) is 42.5 Å². The molecule has 2 aromatic carbocycles. The zero-order valence-corrected chi connectivity index (χ0v) is 17.1. The fraction of sp³-hybridized carbons (Fsp3) is 0.348. The summed E-state index contributed by atoms with van der Waals surface area (Å²) >= 11 is 0. The largest absolute Gasteiger partial charge is 0.436 e. The van der Waals surface area contributed by atoms with Crippen LogP contribution in [-0.4, -0.2) is 45.3 Å². The Morgan fingerprint density at radius 3 is 2.61 bits per heavy atom. The number of benzene rings is 2. The van der Waals surface area contributed by atoms with Crippen LogP contribution in [0.25, 0.3) is 0 Å². The summed E-state index contributed by atoms with van der Waals surface area (Å²) in [6.07, 6.45) is 6.01. The minimum atomic E-state index is -0.397. The Morgan fingerprint density at radius 2 is 1.87 bits per heavy atom. The van der Waals surface area contributed by atoms with Crippen LogP contribution >= 0.6 is 0 Å². The first-order chi connectivity index (χ1) is 15.2. The number of anilines is 1. The van der Waals surface area contributed by atoms with Crippen LogP contribution in [0, 0.1) is 5.82 Å². The third kappa shape index (κ3) is 4.29. The summed E-state index contributed by atoms with van der Waals surface area (Å²) in [5.74, 6) is -0.364. The maximum absolute atomic E-state index is 13.1. The van der Waals surface area contributed by atoms with Crippen molar-refractivity contribution in [2.45, 2.75) is 38.1 Å². The number of fused-ring (bicyclic) bond motifs is 1. The number of aromatic nitrogens is 3. The molecule has 0 spiro atoms. The van der Waals surface area contributed by atoms with Gasteiger partial charge in [-0.3, -0.25) is 9.69 Å². The van der Waals surface area contributed by atoms with E-state index < -0.39 is 5.91 Å². The van der Waals surface area contributed by atoms with Gasteiger partial charge in [0.15, 0.2) is 5.69 Å². The molecule has 0 saturated heterocycles. The van der Waals surface area contributed by atoms with Gasteiger partial charge in [0.25, 0.3) is 11.8 Å². The lowest BCUT2D eigenvalue weighted by Crippen LogP contribution is -2.41. The van der Waals surface area contributed by atoms with Crippen LogP contribution in [0.4, 0.5) is 10.1 Å². The molecule has 1 aliphatic heterocycles. The van der Waals surface area contributed by atoms with Crippen LogP contribution in [0.3, 0.4) is 0 Å². The highest BCUT2D eigenvalue weighted by Crippen LogP contribution is 2.28. The molecule has 1 fully saturated rings. The Labute approximate surface area is 179 Å². The number of halogens is 1. The number of hydrogen-bond acceptors (Lipinski definition) is 5. The number of hydrogen-bond donors (Lipinski definition) is 2. The molecule has 0 atom stereocenters. The number of H-pyrrole nitrogens is 1. The van der Waals surface area contributed by atoms with Gasteiger partial charge in [0.1, 0.15) is 11.6 Å². The number of nitrogens with one attached hydrogen (secondary N) is 2. The van der Waals surface area contributed by atoms with E-state index in [2.05, 4.69) is 37.8 Å². The average molecular weight is 421 g/mol. The minimum absolute atomic E-state index is 0.0370.